The summed E-state index contributed by atoms with van der Waals surface area (Å²) in [6.45, 7) is 4.32. The van der Waals surface area contributed by atoms with Crippen molar-refractivity contribution in [3.05, 3.63) is 23.9 Å². The number of anilines is 1. The Hall–Kier alpha value is -2.31. The van der Waals surface area contributed by atoms with Crippen LogP contribution in [0.1, 0.15) is 24.8 Å². The van der Waals surface area contributed by atoms with Gasteiger partial charge in [0.15, 0.2) is 0 Å². The van der Waals surface area contributed by atoms with Gasteiger partial charge in [0.25, 0.3) is 0 Å². The van der Waals surface area contributed by atoms with Gasteiger partial charge < -0.3 is 20.6 Å². The molecule has 1 saturated heterocycles. The standard InChI is InChI=1S/C16H24N4O3/c1-12-3-4-14(19-11-12)17-7-2-8-18-16(23)20-9-5-13(6-10-20)15(21)22/h3-4,11,13H,2,5-10H2,1H3,(H,17,19)(H,18,23)(H,21,22). The fourth-order valence-corrected chi connectivity index (χ4v) is 2.51. The van der Waals surface area contributed by atoms with Crippen LogP contribution in [0, 0.1) is 12.8 Å². The fourth-order valence-electron chi connectivity index (χ4n) is 2.51. The van der Waals surface area contributed by atoms with Crippen LogP contribution >= 0.6 is 0 Å². The van der Waals surface area contributed by atoms with E-state index in [4.69, 9.17) is 5.11 Å². The normalized spacial score (nSPS) is 15.3. The van der Waals surface area contributed by atoms with Gasteiger partial charge in [0.1, 0.15) is 5.82 Å². The molecule has 0 saturated carbocycles. The summed E-state index contributed by atoms with van der Waals surface area (Å²) in [5.41, 5.74) is 1.12. The van der Waals surface area contributed by atoms with Crippen LogP contribution in [-0.2, 0) is 4.79 Å². The van der Waals surface area contributed by atoms with Gasteiger partial charge in [0, 0.05) is 32.4 Å². The van der Waals surface area contributed by atoms with E-state index in [2.05, 4.69) is 15.6 Å². The number of hydrogen-bond acceptors (Lipinski definition) is 4. The summed E-state index contributed by atoms with van der Waals surface area (Å²) in [5, 5.41) is 15.0. The summed E-state index contributed by atoms with van der Waals surface area (Å²) in [6.07, 6.45) is 3.67. The predicted molar refractivity (Wildman–Crippen MR) is 87.4 cm³/mol. The van der Waals surface area contributed by atoms with Gasteiger partial charge in [-0.1, -0.05) is 6.07 Å². The number of aliphatic carboxylic acids is 1. The highest BCUT2D eigenvalue weighted by atomic mass is 16.4. The molecule has 7 nitrogen and oxygen atoms in total. The highest BCUT2D eigenvalue weighted by Gasteiger charge is 2.26. The zero-order valence-corrected chi connectivity index (χ0v) is 13.4. The second-order valence-electron chi connectivity index (χ2n) is 5.83. The third-order valence-corrected chi connectivity index (χ3v) is 3.98. The number of rotatable bonds is 6. The first kappa shape index (κ1) is 17.1. The van der Waals surface area contributed by atoms with Crippen LogP contribution in [0.15, 0.2) is 18.3 Å². The highest BCUT2D eigenvalue weighted by Crippen LogP contribution is 2.17. The number of carboxylic acid groups (broad SMARTS) is 1. The summed E-state index contributed by atoms with van der Waals surface area (Å²) < 4.78 is 0. The molecule has 0 spiro atoms. The van der Waals surface area contributed by atoms with E-state index in [0.29, 0.717) is 32.5 Å². The van der Waals surface area contributed by atoms with Crippen molar-refractivity contribution < 1.29 is 14.7 Å². The van der Waals surface area contributed by atoms with Crippen molar-refractivity contribution >= 4 is 17.8 Å². The molecule has 0 atom stereocenters. The van der Waals surface area contributed by atoms with Crippen molar-refractivity contribution in [1.29, 1.82) is 0 Å². The Morgan fingerprint density at radius 2 is 2.04 bits per heavy atom. The Kier molecular flexibility index (Phi) is 6.19. The maximum atomic E-state index is 12.0. The zero-order chi connectivity index (χ0) is 16.7. The molecule has 1 aliphatic heterocycles. The van der Waals surface area contributed by atoms with E-state index in [0.717, 1.165) is 24.3 Å². The molecule has 23 heavy (non-hydrogen) atoms. The van der Waals surface area contributed by atoms with E-state index in [1.165, 1.54) is 0 Å². The molecule has 2 heterocycles. The molecular formula is C16H24N4O3. The second-order valence-corrected chi connectivity index (χ2v) is 5.83. The van der Waals surface area contributed by atoms with Gasteiger partial charge in [-0.3, -0.25) is 4.79 Å². The lowest BCUT2D eigenvalue weighted by Gasteiger charge is -2.30. The van der Waals surface area contributed by atoms with Crippen LogP contribution in [0.4, 0.5) is 10.6 Å². The largest absolute Gasteiger partial charge is 0.481 e. The van der Waals surface area contributed by atoms with E-state index >= 15 is 0 Å². The molecular weight excluding hydrogens is 296 g/mol. The summed E-state index contributed by atoms with van der Waals surface area (Å²) in [4.78, 5) is 28.8. The molecule has 7 heteroatoms. The first-order chi connectivity index (χ1) is 11.1. The molecule has 1 aromatic rings. The highest BCUT2D eigenvalue weighted by molar-refractivity contribution is 5.75. The van der Waals surface area contributed by atoms with Crippen LogP contribution in [-0.4, -0.2) is 53.2 Å². The van der Waals surface area contributed by atoms with Crippen LogP contribution < -0.4 is 10.6 Å². The maximum absolute atomic E-state index is 12.0. The van der Waals surface area contributed by atoms with E-state index in [1.807, 2.05) is 25.3 Å². The topological polar surface area (TPSA) is 94.6 Å². The summed E-state index contributed by atoms with van der Waals surface area (Å²) in [5.74, 6) is -0.247. The van der Waals surface area contributed by atoms with Crippen molar-refractivity contribution in [2.45, 2.75) is 26.2 Å². The lowest BCUT2D eigenvalue weighted by Crippen LogP contribution is -2.45. The van der Waals surface area contributed by atoms with Crippen LogP contribution in [0.2, 0.25) is 0 Å². The molecule has 3 N–H and O–H groups in total. The number of nitrogens with zero attached hydrogens (tertiary/aromatic N) is 2. The smallest absolute Gasteiger partial charge is 0.317 e. The average molecular weight is 320 g/mol. The number of piperidine rings is 1. The summed E-state index contributed by atoms with van der Waals surface area (Å²) in [6, 6.07) is 3.82. The Morgan fingerprint density at radius 1 is 1.30 bits per heavy atom. The van der Waals surface area contributed by atoms with E-state index in [9.17, 15) is 9.59 Å². The number of carbonyl (C=O) groups is 2. The maximum Gasteiger partial charge on any atom is 0.317 e. The number of aryl methyl sites for hydroxylation is 1. The molecule has 1 aromatic heterocycles. The van der Waals surface area contributed by atoms with Gasteiger partial charge in [-0.05, 0) is 37.8 Å². The molecule has 0 bridgehead atoms. The summed E-state index contributed by atoms with van der Waals surface area (Å²) >= 11 is 0. The molecule has 0 unspecified atom stereocenters. The van der Waals surface area contributed by atoms with Crippen molar-refractivity contribution in [1.82, 2.24) is 15.2 Å². The van der Waals surface area contributed by atoms with E-state index < -0.39 is 5.97 Å². The lowest BCUT2D eigenvalue weighted by atomic mass is 9.97. The first-order valence-corrected chi connectivity index (χ1v) is 7.98. The minimum atomic E-state index is -0.763. The number of pyridine rings is 1. The quantitative estimate of drug-likeness (QED) is 0.694. The number of hydrogen-bond donors (Lipinski definition) is 3. The number of carboxylic acids is 1. The van der Waals surface area contributed by atoms with Gasteiger partial charge in [0.2, 0.25) is 0 Å². The zero-order valence-electron chi connectivity index (χ0n) is 13.4. The van der Waals surface area contributed by atoms with Gasteiger partial charge in [-0.2, -0.15) is 0 Å². The SMILES string of the molecule is Cc1ccc(NCCCNC(=O)N2CCC(C(=O)O)CC2)nc1. The van der Waals surface area contributed by atoms with Crippen molar-refractivity contribution in [2.24, 2.45) is 5.92 Å². The number of nitrogens with one attached hydrogen (secondary N) is 2. The fraction of sp³-hybridized carbons (Fsp3) is 0.562. The van der Waals surface area contributed by atoms with E-state index in [-0.39, 0.29) is 11.9 Å². The lowest BCUT2D eigenvalue weighted by molar-refractivity contribution is -0.143. The molecule has 0 radical (unpaired) electrons. The van der Waals surface area contributed by atoms with Crippen molar-refractivity contribution in [3.63, 3.8) is 0 Å². The second kappa shape index (κ2) is 8.36. The molecule has 1 aliphatic rings. The van der Waals surface area contributed by atoms with Gasteiger partial charge >= 0.3 is 12.0 Å². The number of aromatic nitrogens is 1. The van der Waals surface area contributed by atoms with Gasteiger partial charge in [-0.25, -0.2) is 9.78 Å². The third kappa shape index (κ3) is 5.43. The minimum absolute atomic E-state index is 0.109. The number of likely N-dealkylation sites (tertiary alicyclic amines) is 1. The Bertz CT molecular complexity index is 525. The number of urea groups is 1. The first-order valence-electron chi connectivity index (χ1n) is 7.98. The predicted octanol–water partition coefficient (Wildman–Crippen LogP) is 1.70. The number of amides is 2. The molecule has 1 fully saturated rings. The summed E-state index contributed by atoms with van der Waals surface area (Å²) in [7, 11) is 0. The van der Waals surface area contributed by atoms with Crippen LogP contribution in [0.5, 0.6) is 0 Å². The average Bonchev–Trinajstić information content (AvgIpc) is 2.56. The van der Waals surface area contributed by atoms with Crippen molar-refractivity contribution in [3.8, 4) is 0 Å². The van der Waals surface area contributed by atoms with Crippen LogP contribution in [0.3, 0.4) is 0 Å². The molecule has 126 valence electrons. The van der Waals surface area contributed by atoms with Crippen LogP contribution in [0.25, 0.3) is 0 Å². The molecule has 0 aromatic carbocycles. The monoisotopic (exact) mass is 320 g/mol. The molecule has 0 aliphatic carbocycles. The Morgan fingerprint density at radius 3 is 2.65 bits per heavy atom. The van der Waals surface area contributed by atoms with Gasteiger partial charge in [0.05, 0.1) is 5.92 Å². The third-order valence-electron chi connectivity index (χ3n) is 3.98. The molecule has 2 amide bonds. The Labute approximate surface area is 136 Å². The molecule has 2 rings (SSSR count). The van der Waals surface area contributed by atoms with Crippen molar-refractivity contribution in [2.75, 3.05) is 31.5 Å². The minimum Gasteiger partial charge on any atom is -0.481 e. The Balaban J connectivity index is 1.58. The van der Waals surface area contributed by atoms with E-state index in [1.54, 1.807) is 4.90 Å². The van der Waals surface area contributed by atoms with Gasteiger partial charge in [-0.15, -0.1) is 0 Å². The number of carbonyl (C=O) groups excluding carboxylic acids is 1.